The number of rotatable bonds is 3. The first kappa shape index (κ1) is 18.7. The second kappa shape index (κ2) is 6.00. The van der Waals surface area contributed by atoms with Crippen molar-refractivity contribution in [3.05, 3.63) is 59.8 Å². The van der Waals surface area contributed by atoms with E-state index in [2.05, 4.69) is 10.1 Å². The zero-order chi connectivity index (χ0) is 20.0. The molecule has 0 bridgehead atoms. The second-order valence-electron chi connectivity index (χ2n) is 5.53. The molecule has 2 heterocycles. The summed E-state index contributed by atoms with van der Waals surface area (Å²) in [5.74, 6) is -0.774. The molecule has 0 aliphatic carbocycles. The molecule has 1 atom stereocenters. The molecule has 0 radical (unpaired) electrons. The first-order valence-electron chi connectivity index (χ1n) is 7.11. The van der Waals surface area contributed by atoms with Gasteiger partial charge in [0.05, 0.1) is 30.2 Å². The van der Waals surface area contributed by atoms with E-state index >= 15 is 0 Å². The lowest BCUT2D eigenvalue weighted by Gasteiger charge is -2.28. The van der Waals surface area contributed by atoms with Gasteiger partial charge in [0.15, 0.2) is 5.65 Å². The Morgan fingerprint density at radius 2 is 1.78 bits per heavy atom. The molecule has 1 aromatic carbocycles. The van der Waals surface area contributed by atoms with E-state index in [9.17, 15) is 31.2 Å². The van der Waals surface area contributed by atoms with Crippen LogP contribution in [0, 0.1) is 17.1 Å². The highest BCUT2D eigenvalue weighted by atomic mass is 32.2. The average molecular weight is 399 g/mol. The van der Waals surface area contributed by atoms with Gasteiger partial charge in [-0.1, -0.05) is 12.1 Å². The number of benzene rings is 1. The predicted molar refractivity (Wildman–Crippen MR) is 83.2 cm³/mol. The molecule has 0 aliphatic heterocycles. The zero-order valence-electron chi connectivity index (χ0n) is 13.1. The molecule has 2 N–H and O–H groups in total. The van der Waals surface area contributed by atoms with Crippen LogP contribution in [0.5, 0.6) is 0 Å². The van der Waals surface area contributed by atoms with E-state index in [1.54, 1.807) is 0 Å². The summed E-state index contributed by atoms with van der Waals surface area (Å²) in [4.78, 5) is 3.22. The van der Waals surface area contributed by atoms with Gasteiger partial charge >= 0.3 is 6.18 Å². The van der Waals surface area contributed by atoms with Crippen LogP contribution in [0.3, 0.4) is 0 Å². The molecule has 27 heavy (non-hydrogen) atoms. The summed E-state index contributed by atoms with van der Waals surface area (Å²) >= 11 is 0. The Morgan fingerprint density at radius 1 is 1.15 bits per heavy atom. The third kappa shape index (κ3) is 2.90. The molecule has 7 nitrogen and oxygen atoms in total. The number of sulfonamides is 1. The van der Waals surface area contributed by atoms with Crippen molar-refractivity contribution in [2.75, 3.05) is 0 Å². The van der Waals surface area contributed by atoms with Gasteiger partial charge in [-0.25, -0.2) is 27.4 Å². The zero-order valence-corrected chi connectivity index (χ0v) is 14.0. The van der Waals surface area contributed by atoms with Gasteiger partial charge in [-0.2, -0.15) is 23.5 Å². The third-order valence-electron chi connectivity index (χ3n) is 3.94. The molecule has 0 aliphatic rings. The molecule has 140 valence electrons. The number of primary sulfonamides is 1. The van der Waals surface area contributed by atoms with Crippen molar-refractivity contribution < 1.29 is 26.0 Å². The standard InChI is InChI=1S/C15H9F4N5O2S/c16-10-3-1-9(2-4-10)14(8-20,15(17,18)19)12-6-23-24-7-11(27(21,25)26)5-22-13(12)24/h1-7H,(H2,21,25,26)/t14-/m1/s1. The highest BCUT2D eigenvalue weighted by Gasteiger charge is 2.59. The van der Waals surface area contributed by atoms with E-state index in [1.165, 1.54) is 6.07 Å². The quantitative estimate of drug-likeness (QED) is 0.676. The van der Waals surface area contributed by atoms with Gasteiger partial charge in [0.25, 0.3) is 0 Å². The molecule has 0 unspecified atom stereocenters. The number of nitrogens with zero attached hydrogens (tertiary/aromatic N) is 4. The highest BCUT2D eigenvalue weighted by molar-refractivity contribution is 7.89. The summed E-state index contributed by atoms with van der Waals surface area (Å²) < 4.78 is 78.8. The summed E-state index contributed by atoms with van der Waals surface area (Å²) in [5, 5.41) is 18.1. The summed E-state index contributed by atoms with van der Waals surface area (Å²) in [6.07, 6.45) is -2.71. The van der Waals surface area contributed by atoms with Gasteiger partial charge < -0.3 is 0 Å². The lowest BCUT2D eigenvalue weighted by molar-refractivity contribution is -0.161. The van der Waals surface area contributed by atoms with Crippen LogP contribution in [0.4, 0.5) is 17.6 Å². The molecule has 12 heteroatoms. The Morgan fingerprint density at radius 3 is 2.30 bits per heavy atom. The molecule has 3 aromatic rings. The lowest BCUT2D eigenvalue weighted by Crippen LogP contribution is -2.42. The summed E-state index contributed by atoms with van der Waals surface area (Å²) in [7, 11) is -4.16. The van der Waals surface area contributed by atoms with E-state index in [0.717, 1.165) is 47.4 Å². The number of nitrogens with two attached hydrogens (primary N) is 1. The minimum absolute atomic E-state index is 0.398. The van der Waals surface area contributed by atoms with E-state index in [4.69, 9.17) is 5.14 Å². The smallest absolute Gasteiger partial charge is 0.235 e. The van der Waals surface area contributed by atoms with Crippen LogP contribution in [0.15, 0.2) is 47.8 Å². The number of alkyl halides is 3. The Hall–Kier alpha value is -3.04. The van der Waals surface area contributed by atoms with Crippen LogP contribution in [0.25, 0.3) is 5.65 Å². The minimum Gasteiger partial charge on any atom is -0.235 e. The number of halogens is 4. The fourth-order valence-electron chi connectivity index (χ4n) is 2.63. The normalized spacial score (nSPS) is 14.7. The molecule has 0 fully saturated rings. The predicted octanol–water partition coefficient (Wildman–Crippen LogP) is 1.89. The lowest BCUT2D eigenvalue weighted by atomic mass is 9.76. The maximum Gasteiger partial charge on any atom is 0.415 e. The Bertz CT molecular complexity index is 1170. The highest BCUT2D eigenvalue weighted by Crippen LogP contribution is 2.47. The monoisotopic (exact) mass is 399 g/mol. The van der Waals surface area contributed by atoms with Crippen molar-refractivity contribution in [3.8, 4) is 6.07 Å². The molecule has 0 spiro atoms. The van der Waals surface area contributed by atoms with Gasteiger partial charge in [-0.15, -0.1) is 0 Å². The fraction of sp³-hybridized carbons (Fsp3) is 0.133. The molecule has 0 saturated carbocycles. The van der Waals surface area contributed by atoms with Gasteiger partial charge in [0.2, 0.25) is 15.4 Å². The molecule has 0 saturated heterocycles. The van der Waals surface area contributed by atoms with Crippen molar-refractivity contribution in [1.82, 2.24) is 14.6 Å². The first-order valence-corrected chi connectivity index (χ1v) is 8.66. The van der Waals surface area contributed by atoms with Gasteiger partial charge in [0, 0.05) is 0 Å². The average Bonchev–Trinajstić information content (AvgIpc) is 2.99. The van der Waals surface area contributed by atoms with Crippen LogP contribution in [-0.2, 0) is 15.4 Å². The molecule has 3 rings (SSSR count). The fourth-order valence-corrected chi connectivity index (χ4v) is 3.08. The summed E-state index contributed by atoms with van der Waals surface area (Å²) in [5.41, 5.74) is -4.76. The summed E-state index contributed by atoms with van der Waals surface area (Å²) in [6.45, 7) is 0. The molecule has 0 amide bonds. The van der Waals surface area contributed by atoms with Crippen LogP contribution >= 0.6 is 0 Å². The molecule has 2 aromatic heterocycles. The molecular weight excluding hydrogens is 390 g/mol. The van der Waals surface area contributed by atoms with Crippen LogP contribution in [0.1, 0.15) is 11.1 Å². The van der Waals surface area contributed by atoms with Gasteiger partial charge in [-0.3, -0.25) is 0 Å². The maximum absolute atomic E-state index is 14.0. The number of nitriles is 1. The second-order valence-corrected chi connectivity index (χ2v) is 7.09. The number of hydrogen-bond donors (Lipinski definition) is 1. The Labute approximate surface area is 149 Å². The largest absolute Gasteiger partial charge is 0.415 e. The Kier molecular flexibility index (Phi) is 4.16. The van der Waals surface area contributed by atoms with Crippen LogP contribution < -0.4 is 5.14 Å². The van der Waals surface area contributed by atoms with Crippen molar-refractivity contribution in [3.63, 3.8) is 0 Å². The number of aromatic nitrogens is 3. The van der Waals surface area contributed by atoms with E-state index in [1.807, 2.05) is 0 Å². The number of hydrogen-bond acceptors (Lipinski definition) is 5. The van der Waals surface area contributed by atoms with E-state index in [0.29, 0.717) is 0 Å². The summed E-state index contributed by atoms with van der Waals surface area (Å²) in [6, 6.07) is 4.52. The third-order valence-corrected chi connectivity index (χ3v) is 4.80. The van der Waals surface area contributed by atoms with Crippen molar-refractivity contribution >= 4 is 15.7 Å². The van der Waals surface area contributed by atoms with Gasteiger partial charge in [-0.05, 0) is 17.7 Å². The Balaban J connectivity index is 2.34. The van der Waals surface area contributed by atoms with Crippen molar-refractivity contribution in [2.45, 2.75) is 16.5 Å². The van der Waals surface area contributed by atoms with Crippen LogP contribution in [-0.4, -0.2) is 29.2 Å². The SMILES string of the molecule is N#C[C@@](c1ccc(F)cc1)(c1cnn2cc(S(N)(=O)=O)cnc12)C(F)(F)F. The van der Waals surface area contributed by atoms with Gasteiger partial charge in [0.1, 0.15) is 10.7 Å². The molecular formula is C15H9F4N5O2S. The van der Waals surface area contributed by atoms with Crippen molar-refractivity contribution in [2.24, 2.45) is 5.14 Å². The van der Waals surface area contributed by atoms with E-state index in [-0.39, 0.29) is 0 Å². The first-order chi connectivity index (χ1) is 12.5. The number of fused-ring (bicyclic) bond motifs is 1. The van der Waals surface area contributed by atoms with Crippen LogP contribution in [0.2, 0.25) is 0 Å². The minimum atomic E-state index is -5.11. The van der Waals surface area contributed by atoms with E-state index < -0.39 is 49.1 Å². The topological polar surface area (TPSA) is 114 Å². The van der Waals surface area contributed by atoms with Crippen molar-refractivity contribution in [1.29, 1.82) is 5.26 Å². The maximum atomic E-state index is 14.0.